The number of hydrogen-bond donors (Lipinski definition) is 0. The normalized spacial score (nSPS) is 11.2. The Morgan fingerprint density at radius 1 is 0.727 bits per heavy atom. The summed E-state index contributed by atoms with van der Waals surface area (Å²) < 4.78 is 0. The Balaban J connectivity index is 3.07. The minimum absolute atomic E-state index is 0.0540. The second-order valence-electron chi connectivity index (χ2n) is 6.71. The highest BCUT2D eigenvalue weighted by Gasteiger charge is 1.98. The van der Waals surface area contributed by atoms with Crippen LogP contribution >= 0.6 is 0 Å². The molecule has 0 fully saturated rings. The van der Waals surface area contributed by atoms with Crippen LogP contribution in [0.15, 0.2) is 0 Å². The van der Waals surface area contributed by atoms with E-state index in [4.69, 9.17) is 0 Å². The Kier molecular flexibility index (Phi) is 16.4. The van der Waals surface area contributed by atoms with Crippen LogP contribution in [0, 0.1) is 0 Å². The van der Waals surface area contributed by atoms with Crippen molar-refractivity contribution in [1.82, 2.24) is 4.90 Å². The van der Waals surface area contributed by atoms with Gasteiger partial charge in [0.1, 0.15) is 0 Å². The van der Waals surface area contributed by atoms with Crippen LogP contribution in [-0.2, 0) is 4.79 Å². The molecule has 22 heavy (non-hydrogen) atoms. The second kappa shape index (κ2) is 16.8. The molecule has 0 saturated heterocycles. The van der Waals surface area contributed by atoms with Crippen molar-refractivity contribution >= 4 is 5.97 Å². The molecule has 0 atom stereocenters. The highest BCUT2D eigenvalue weighted by atomic mass is 16.4. The third-order valence-electron chi connectivity index (χ3n) is 4.29. The number of hydrogen-bond acceptors (Lipinski definition) is 3. The molecule has 0 unspecified atom stereocenters. The standard InChI is InChI=1S/C19H39NO2/c1-3-4-5-6-7-8-9-10-11-12-13-14-15-16-17-20(2)18-19(21)22/h3-18H2,1-2H3,(H,21,22)/p-1. The third-order valence-corrected chi connectivity index (χ3v) is 4.29. The van der Waals surface area contributed by atoms with Gasteiger partial charge < -0.3 is 14.8 Å². The maximum absolute atomic E-state index is 10.4. The molecule has 0 spiro atoms. The highest BCUT2D eigenvalue weighted by molar-refractivity contribution is 5.66. The summed E-state index contributed by atoms with van der Waals surface area (Å²) in [7, 11) is 1.85. The van der Waals surface area contributed by atoms with Crippen LogP contribution in [0.2, 0.25) is 0 Å². The van der Waals surface area contributed by atoms with Crippen molar-refractivity contribution < 1.29 is 9.90 Å². The molecule has 0 aromatic rings. The lowest BCUT2D eigenvalue weighted by Crippen LogP contribution is -2.36. The number of carbonyl (C=O) groups excluding carboxylic acids is 1. The number of nitrogens with zero attached hydrogens (tertiary/aromatic N) is 1. The fraction of sp³-hybridized carbons (Fsp3) is 0.947. The van der Waals surface area contributed by atoms with Crippen LogP contribution < -0.4 is 5.11 Å². The summed E-state index contributed by atoms with van der Waals surface area (Å²) in [6, 6.07) is 0. The van der Waals surface area contributed by atoms with E-state index in [0.717, 1.165) is 13.0 Å². The largest absolute Gasteiger partial charge is 0.549 e. The Labute approximate surface area is 138 Å². The van der Waals surface area contributed by atoms with Crippen molar-refractivity contribution in [2.45, 2.75) is 96.8 Å². The molecule has 0 bridgehead atoms. The predicted octanol–water partition coefficient (Wildman–Crippen LogP) is 4.15. The van der Waals surface area contributed by atoms with Crippen molar-refractivity contribution in [2.24, 2.45) is 0 Å². The van der Waals surface area contributed by atoms with E-state index >= 15 is 0 Å². The fourth-order valence-electron chi connectivity index (χ4n) is 2.88. The molecule has 0 amide bonds. The van der Waals surface area contributed by atoms with E-state index in [1.54, 1.807) is 0 Å². The van der Waals surface area contributed by atoms with Gasteiger partial charge in [0.2, 0.25) is 0 Å². The monoisotopic (exact) mass is 312 g/mol. The van der Waals surface area contributed by atoms with Crippen molar-refractivity contribution in [3.05, 3.63) is 0 Å². The van der Waals surface area contributed by atoms with Crippen LogP contribution in [0.4, 0.5) is 0 Å². The fourth-order valence-corrected chi connectivity index (χ4v) is 2.88. The summed E-state index contributed by atoms with van der Waals surface area (Å²) in [4.78, 5) is 12.2. The van der Waals surface area contributed by atoms with Crippen LogP contribution in [-0.4, -0.2) is 31.0 Å². The van der Waals surface area contributed by atoms with E-state index in [1.165, 1.54) is 83.5 Å². The first kappa shape index (κ1) is 21.4. The highest BCUT2D eigenvalue weighted by Crippen LogP contribution is 2.12. The minimum atomic E-state index is -0.979. The van der Waals surface area contributed by atoms with Crippen molar-refractivity contribution in [1.29, 1.82) is 0 Å². The molecular formula is C19H38NO2-. The maximum Gasteiger partial charge on any atom is 0.0554 e. The minimum Gasteiger partial charge on any atom is -0.549 e. The predicted molar refractivity (Wildman–Crippen MR) is 92.8 cm³/mol. The van der Waals surface area contributed by atoms with Crippen LogP contribution in [0.5, 0.6) is 0 Å². The van der Waals surface area contributed by atoms with Gasteiger partial charge in [0.25, 0.3) is 0 Å². The van der Waals surface area contributed by atoms with E-state index < -0.39 is 5.97 Å². The molecule has 0 aliphatic carbocycles. The SMILES string of the molecule is CCCCCCCCCCCCCCCCN(C)CC(=O)[O-]. The average Bonchev–Trinajstić information content (AvgIpc) is 2.47. The average molecular weight is 313 g/mol. The third kappa shape index (κ3) is 17.5. The molecule has 0 heterocycles. The first-order valence-electron chi connectivity index (χ1n) is 9.55. The van der Waals surface area contributed by atoms with Gasteiger partial charge in [0.15, 0.2) is 0 Å². The zero-order chi connectivity index (χ0) is 16.5. The molecule has 0 aromatic carbocycles. The number of aliphatic carboxylic acids is 1. The van der Waals surface area contributed by atoms with E-state index in [2.05, 4.69) is 6.92 Å². The van der Waals surface area contributed by atoms with Gasteiger partial charge in [0, 0.05) is 6.54 Å². The van der Waals surface area contributed by atoms with E-state index in [0.29, 0.717) is 0 Å². The summed E-state index contributed by atoms with van der Waals surface area (Å²) in [6.07, 6.45) is 19.0. The number of carbonyl (C=O) groups is 1. The summed E-state index contributed by atoms with van der Waals surface area (Å²) in [5.41, 5.74) is 0. The smallest absolute Gasteiger partial charge is 0.0554 e. The number of unbranched alkanes of at least 4 members (excludes halogenated alkanes) is 13. The summed E-state index contributed by atoms with van der Waals surface area (Å²) >= 11 is 0. The van der Waals surface area contributed by atoms with Gasteiger partial charge >= 0.3 is 0 Å². The molecule has 132 valence electrons. The summed E-state index contributed by atoms with van der Waals surface area (Å²) in [5, 5.41) is 10.4. The van der Waals surface area contributed by atoms with Gasteiger partial charge in [0.05, 0.1) is 5.97 Å². The summed E-state index contributed by atoms with van der Waals surface area (Å²) in [5.74, 6) is -0.979. The molecule has 3 nitrogen and oxygen atoms in total. The zero-order valence-corrected chi connectivity index (χ0v) is 15.1. The Bertz CT molecular complexity index is 244. The van der Waals surface area contributed by atoms with E-state index in [9.17, 15) is 9.90 Å². The lowest BCUT2D eigenvalue weighted by Gasteiger charge is -2.16. The number of likely N-dealkylation sites (N-methyl/N-ethyl adjacent to an activating group) is 1. The topological polar surface area (TPSA) is 43.4 Å². The van der Waals surface area contributed by atoms with Crippen molar-refractivity contribution in [3.8, 4) is 0 Å². The first-order valence-corrected chi connectivity index (χ1v) is 9.55. The maximum atomic E-state index is 10.4. The number of carboxylic acids is 1. The second-order valence-corrected chi connectivity index (χ2v) is 6.71. The Morgan fingerprint density at radius 3 is 1.45 bits per heavy atom. The number of carboxylic acid groups (broad SMARTS) is 1. The van der Waals surface area contributed by atoms with Crippen molar-refractivity contribution in [2.75, 3.05) is 20.1 Å². The molecule has 0 aliphatic rings. The van der Waals surface area contributed by atoms with Gasteiger partial charge in [-0.25, -0.2) is 0 Å². The molecule has 0 N–H and O–H groups in total. The molecular weight excluding hydrogens is 274 g/mol. The molecule has 3 heteroatoms. The zero-order valence-electron chi connectivity index (χ0n) is 15.1. The van der Waals surface area contributed by atoms with Gasteiger partial charge in [-0.3, -0.25) is 0 Å². The quantitative estimate of drug-likeness (QED) is 0.379. The van der Waals surface area contributed by atoms with Gasteiger partial charge in [-0.1, -0.05) is 90.4 Å². The molecule has 0 aliphatic heterocycles. The van der Waals surface area contributed by atoms with Gasteiger partial charge in [-0.05, 0) is 20.0 Å². The van der Waals surface area contributed by atoms with Crippen LogP contribution in [0.1, 0.15) is 96.8 Å². The van der Waals surface area contributed by atoms with Gasteiger partial charge in [-0.2, -0.15) is 0 Å². The van der Waals surface area contributed by atoms with E-state index in [-0.39, 0.29) is 6.54 Å². The molecule has 0 aromatic heterocycles. The Hall–Kier alpha value is -0.570. The van der Waals surface area contributed by atoms with Crippen LogP contribution in [0.3, 0.4) is 0 Å². The van der Waals surface area contributed by atoms with Crippen LogP contribution in [0.25, 0.3) is 0 Å². The number of rotatable bonds is 17. The Morgan fingerprint density at radius 2 is 1.09 bits per heavy atom. The first-order chi connectivity index (χ1) is 10.7. The molecule has 0 radical (unpaired) electrons. The summed E-state index contributed by atoms with van der Waals surface area (Å²) in [6.45, 7) is 3.19. The molecule has 0 rings (SSSR count). The van der Waals surface area contributed by atoms with Crippen molar-refractivity contribution in [3.63, 3.8) is 0 Å². The lowest BCUT2D eigenvalue weighted by molar-refractivity contribution is -0.306. The molecule has 0 saturated carbocycles. The lowest BCUT2D eigenvalue weighted by atomic mass is 10.0. The van der Waals surface area contributed by atoms with E-state index in [1.807, 2.05) is 11.9 Å². The van der Waals surface area contributed by atoms with Gasteiger partial charge in [-0.15, -0.1) is 0 Å².